The Balaban J connectivity index is 2.79. The second kappa shape index (κ2) is 10.0. The summed E-state index contributed by atoms with van der Waals surface area (Å²) in [5.41, 5.74) is 2.96. The Hall–Kier alpha value is -1.83. The molecule has 2 nitrogen and oxygen atoms in total. The molecule has 0 saturated heterocycles. The van der Waals surface area contributed by atoms with Crippen LogP contribution in [0.1, 0.15) is 59.4 Å². The summed E-state index contributed by atoms with van der Waals surface area (Å²) in [4.78, 5) is 12.4. The van der Waals surface area contributed by atoms with Crippen LogP contribution in [0.3, 0.4) is 0 Å². The highest BCUT2D eigenvalue weighted by Crippen LogP contribution is 2.21. The van der Waals surface area contributed by atoms with E-state index in [1.54, 1.807) is 0 Å². The summed E-state index contributed by atoms with van der Waals surface area (Å²) < 4.78 is 5.39. The van der Waals surface area contributed by atoms with Gasteiger partial charge in [0.05, 0.1) is 11.7 Å². The zero-order chi connectivity index (χ0) is 17.2. The highest BCUT2D eigenvalue weighted by Gasteiger charge is 2.15. The Bertz CT molecular complexity index is 534. The van der Waals surface area contributed by atoms with Crippen LogP contribution in [-0.4, -0.2) is 12.1 Å². The lowest BCUT2D eigenvalue weighted by Gasteiger charge is -2.13. The van der Waals surface area contributed by atoms with Crippen LogP contribution in [0.15, 0.2) is 48.1 Å². The minimum absolute atomic E-state index is 0.107. The number of carbonyl (C=O) groups is 1. The summed E-state index contributed by atoms with van der Waals surface area (Å²) in [5, 5.41) is 0. The SMILES string of the molecule is CC(C)=CCCC(C)C/C=C(/C(=O)OC(C)C)c1ccccc1. The lowest BCUT2D eigenvalue weighted by atomic mass is 9.97. The van der Waals surface area contributed by atoms with Crippen LogP contribution >= 0.6 is 0 Å². The van der Waals surface area contributed by atoms with Gasteiger partial charge in [0.25, 0.3) is 0 Å². The average Bonchev–Trinajstić information content (AvgIpc) is 2.47. The average molecular weight is 314 g/mol. The predicted molar refractivity (Wildman–Crippen MR) is 98.1 cm³/mol. The predicted octanol–water partition coefficient (Wildman–Crippen LogP) is 5.79. The van der Waals surface area contributed by atoms with Gasteiger partial charge in [-0.2, -0.15) is 0 Å². The number of hydrogen-bond acceptors (Lipinski definition) is 2. The monoisotopic (exact) mass is 314 g/mol. The summed E-state index contributed by atoms with van der Waals surface area (Å²) in [6.45, 7) is 10.2. The number of esters is 1. The van der Waals surface area contributed by atoms with Crippen molar-refractivity contribution in [3.8, 4) is 0 Å². The highest BCUT2D eigenvalue weighted by molar-refractivity contribution is 6.16. The van der Waals surface area contributed by atoms with E-state index in [0.29, 0.717) is 11.5 Å². The van der Waals surface area contributed by atoms with Gasteiger partial charge in [0.1, 0.15) is 0 Å². The van der Waals surface area contributed by atoms with Crippen molar-refractivity contribution in [2.24, 2.45) is 5.92 Å². The molecule has 0 bridgehead atoms. The number of ether oxygens (including phenoxy) is 1. The Morgan fingerprint density at radius 2 is 1.74 bits per heavy atom. The van der Waals surface area contributed by atoms with Crippen molar-refractivity contribution in [1.82, 2.24) is 0 Å². The molecule has 2 heteroatoms. The first kappa shape index (κ1) is 19.2. The zero-order valence-electron chi connectivity index (χ0n) is 15.1. The van der Waals surface area contributed by atoms with Gasteiger partial charge in [0.2, 0.25) is 0 Å². The van der Waals surface area contributed by atoms with Gasteiger partial charge in [0, 0.05) is 0 Å². The van der Waals surface area contributed by atoms with Gasteiger partial charge in [-0.1, -0.05) is 55.0 Å². The second-order valence-corrected chi connectivity index (χ2v) is 6.64. The maximum atomic E-state index is 12.4. The fourth-order valence-corrected chi connectivity index (χ4v) is 2.31. The standard InChI is InChI=1S/C21H30O2/c1-16(2)10-9-11-18(5)14-15-20(21(22)23-17(3)4)19-12-7-6-8-13-19/h6-8,10,12-13,15,17-18H,9,11,14H2,1-5H3/b20-15+. The first-order valence-corrected chi connectivity index (χ1v) is 8.50. The van der Waals surface area contributed by atoms with Gasteiger partial charge < -0.3 is 4.74 Å². The fraction of sp³-hybridized carbons (Fsp3) is 0.476. The fourth-order valence-electron chi connectivity index (χ4n) is 2.31. The molecule has 0 heterocycles. The molecule has 0 fully saturated rings. The molecule has 1 aromatic carbocycles. The maximum absolute atomic E-state index is 12.4. The molecule has 1 rings (SSSR count). The number of rotatable bonds is 8. The van der Waals surface area contributed by atoms with E-state index in [-0.39, 0.29) is 12.1 Å². The van der Waals surface area contributed by atoms with Crippen molar-refractivity contribution in [3.05, 3.63) is 53.6 Å². The quantitative estimate of drug-likeness (QED) is 0.344. The van der Waals surface area contributed by atoms with Crippen molar-refractivity contribution in [2.45, 2.75) is 60.0 Å². The molecular formula is C21H30O2. The molecule has 0 N–H and O–H groups in total. The molecule has 0 aromatic heterocycles. The zero-order valence-corrected chi connectivity index (χ0v) is 15.1. The minimum atomic E-state index is -0.234. The molecular weight excluding hydrogens is 284 g/mol. The van der Waals surface area contributed by atoms with E-state index in [2.05, 4.69) is 26.8 Å². The molecule has 1 unspecified atom stereocenters. The molecule has 1 aromatic rings. The summed E-state index contributed by atoms with van der Waals surface area (Å²) in [6, 6.07) is 9.77. The van der Waals surface area contributed by atoms with Gasteiger partial charge >= 0.3 is 5.97 Å². The van der Waals surface area contributed by atoms with Crippen LogP contribution in [0.2, 0.25) is 0 Å². The van der Waals surface area contributed by atoms with Crippen molar-refractivity contribution in [1.29, 1.82) is 0 Å². The number of allylic oxidation sites excluding steroid dienone is 3. The smallest absolute Gasteiger partial charge is 0.338 e. The molecule has 0 amide bonds. The maximum Gasteiger partial charge on any atom is 0.338 e. The first-order chi connectivity index (χ1) is 10.9. The van der Waals surface area contributed by atoms with Crippen LogP contribution in [0.25, 0.3) is 5.57 Å². The normalized spacial score (nSPS) is 12.9. The molecule has 1 atom stereocenters. The molecule has 0 saturated carbocycles. The van der Waals surface area contributed by atoms with Gasteiger partial charge in [-0.15, -0.1) is 0 Å². The summed E-state index contributed by atoms with van der Waals surface area (Å²) in [7, 11) is 0. The Morgan fingerprint density at radius 1 is 1.09 bits per heavy atom. The van der Waals surface area contributed by atoms with Crippen molar-refractivity contribution in [2.75, 3.05) is 0 Å². The molecule has 0 radical (unpaired) electrons. The van der Waals surface area contributed by atoms with E-state index < -0.39 is 0 Å². The lowest BCUT2D eigenvalue weighted by Crippen LogP contribution is -2.13. The van der Waals surface area contributed by atoms with Crippen LogP contribution in [0.5, 0.6) is 0 Å². The first-order valence-electron chi connectivity index (χ1n) is 8.50. The molecule has 0 aliphatic rings. The van der Waals surface area contributed by atoms with Gasteiger partial charge in [-0.25, -0.2) is 4.79 Å². The second-order valence-electron chi connectivity index (χ2n) is 6.64. The van der Waals surface area contributed by atoms with E-state index in [4.69, 9.17) is 4.74 Å². The van der Waals surface area contributed by atoms with E-state index in [0.717, 1.165) is 24.8 Å². The number of carbonyl (C=O) groups excluding carboxylic acids is 1. The van der Waals surface area contributed by atoms with Crippen LogP contribution in [0, 0.1) is 5.92 Å². The highest BCUT2D eigenvalue weighted by atomic mass is 16.5. The Morgan fingerprint density at radius 3 is 2.30 bits per heavy atom. The summed E-state index contributed by atoms with van der Waals surface area (Å²) in [5.74, 6) is 0.305. The minimum Gasteiger partial charge on any atom is -0.459 e. The van der Waals surface area contributed by atoms with E-state index in [9.17, 15) is 4.79 Å². The number of benzene rings is 1. The van der Waals surface area contributed by atoms with Crippen molar-refractivity contribution < 1.29 is 9.53 Å². The van der Waals surface area contributed by atoms with Gasteiger partial charge in [-0.05, 0) is 58.4 Å². The molecule has 0 aliphatic carbocycles. The van der Waals surface area contributed by atoms with E-state index in [1.165, 1.54) is 5.57 Å². The summed E-state index contributed by atoms with van der Waals surface area (Å²) in [6.07, 6.45) is 7.30. The number of hydrogen-bond donors (Lipinski definition) is 0. The Kier molecular flexibility index (Phi) is 8.39. The van der Waals surface area contributed by atoms with Gasteiger partial charge in [0.15, 0.2) is 0 Å². The van der Waals surface area contributed by atoms with Crippen molar-refractivity contribution >= 4 is 11.5 Å². The molecule has 126 valence electrons. The third-order valence-corrected chi connectivity index (χ3v) is 3.58. The van der Waals surface area contributed by atoms with Gasteiger partial charge in [-0.3, -0.25) is 0 Å². The third-order valence-electron chi connectivity index (χ3n) is 3.58. The molecule has 0 spiro atoms. The van der Waals surface area contributed by atoms with E-state index in [1.807, 2.05) is 50.3 Å². The molecule has 23 heavy (non-hydrogen) atoms. The van der Waals surface area contributed by atoms with Crippen LogP contribution in [0.4, 0.5) is 0 Å². The largest absolute Gasteiger partial charge is 0.459 e. The van der Waals surface area contributed by atoms with E-state index >= 15 is 0 Å². The lowest BCUT2D eigenvalue weighted by molar-refractivity contribution is -0.140. The third kappa shape index (κ3) is 7.83. The van der Waals surface area contributed by atoms with Crippen molar-refractivity contribution in [3.63, 3.8) is 0 Å². The van der Waals surface area contributed by atoms with Crippen LogP contribution < -0.4 is 0 Å². The molecule has 0 aliphatic heterocycles. The van der Waals surface area contributed by atoms with Crippen LogP contribution in [-0.2, 0) is 9.53 Å². The summed E-state index contributed by atoms with van der Waals surface area (Å²) >= 11 is 0. The Labute approximate surface area is 141 Å². The topological polar surface area (TPSA) is 26.3 Å².